The van der Waals surface area contributed by atoms with E-state index in [0.717, 1.165) is 38.8 Å². The molecule has 0 aliphatic carbocycles. The van der Waals surface area contributed by atoms with Gasteiger partial charge in [0.1, 0.15) is 29.4 Å². The molecule has 1 amide bonds. The number of aliphatic hydroxyl groups excluding tert-OH is 4. The first-order valence-corrected chi connectivity index (χ1v) is 16.5. The number of hydrogen-bond acceptors (Lipinski definition) is 11. The molecule has 3 fully saturated rings. The van der Waals surface area contributed by atoms with E-state index in [1.54, 1.807) is 29.4 Å². The van der Waals surface area contributed by atoms with Gasteiger partial charge in [0.25, 0.3) is 0 Å². The SMILES string of the molecule is O=C(Cc1ccc(OCCCC2CCN(c3ncc(Cl)cn3)CC2)cc1F)N1CCC2(CN(C[C@H](O)C(O)[C@H](O)CO)CCO2)C1. The Bertz CT molecular complexity index is 1290. The Morgan fingerprint density at radius 2 is 1.87 bits per heavy atom. The maximum Gasteiger partial charge on any atom is 0.227 e. The van der Waals surface area contributed by atoms with Gasteiger partial charge >= 0.3 is 0 Å². The molecular weight excluding hydrogens is 621 g/mol. The second-order valence-electron chi connectivity index (χ2n) is 12.7. The summed E-state index contributed by atoms with van der Waals surface area (Å²) in [4.78, 5) is 27.5. The Morgan fingerprint density at radius 1 is 1.11 bits per heavy atom. The number of benzene rings is 1. The van der Waals surface area contributed by atoms with Crippen molar-refractivity contribution in [3.63, 3.8) is 0 Å². The number of nitrogens with zero attached hydrogens (tertiary/aromatic N) is 5. The molecule has 2 unspecified atom stereocenters. The summed E-state index contributed by atoms with van der Waals surface area (Å²) in [7, 11) is 0. The molecule has 1 spiro atoms. The molecule has 0 bridgehead atoms. The summed E-state index contributed by atoms with van der Waals surface area (Å²) in [6, 6.07) is 4.65. The summed E-state index contributed by atoms with van der Waals surface area (Å²) < 4.78 is 26.9. The molecule has 3 aliphatic rings. The van der Waals surface area contributed by atoms with Crippen LogP contribution in [0.4, 0.5) is 10.3 Å². The molecule has 4 heterocycles. The molecule has 4 atom stereocenters. The van der Waals surface area contributed by atoms with Crippen LogP contribution < -0.4 is 9.64 Å². The van der Waals surface area contributed by atoms with Gasteiger partial charge in [-0.05, 0) is 49.7 Å². The van der Waals surface area contributed by atoms with Crippen LogP contribution in [-0.4, -0.2) is 136 Å². The fourth-order valence-corrected chi connectivity index (χ4v) is 6.71. The number of likely N-dealkylation sites (tertiary alicyclic amines) is 1. The van der Waals surface area contributed by atoms with E-state index in [1.807, 2.05) is 4.90 Å². The summed E-state index contributed by atoms with van der Waals surface area (Å²) in [5.74, 6) is 1.07. The lowest BCUT2D eigenvalue weighted by molar-refractivity contribution is -0.137. The van der Waals surface area contributed by atoms with E-state index < -0.39 is 36.3 Å². The maximum absolute atomic E-state index is 15.0. The van der Waals surface area contributed by atoms with Crippen molar-refractivity contribution in [3.05, 3.63) is 47.0 Å². The third-order valence-corrected chi connectivity index (χ3v) is 9.51. The van der Waals surface area contributed by atoms with Gasteiger partial charge in [0, 0.05) is 45.3 Å². The smallest absolute Gasteiger partial charge is 0.227 e. The zero-order valence-electron chi connectivity index (χ0n) is 26.0. The lowest BCUT2D eigenvalue weighted by Crippen LogP contribution is -2.56. The summed E-state index contributed by atoms with van der Waals surface area (Å²) in [5, 5.41) is 39.5. The molecule has 0 saturated carbocycles. The molecule has 4 N–H and O–H groups in total. The minimum Gasteiger partial charge on any atom is -0.493 e. The van der Waals surface area contributed by atoms with Crippen LogP contribution in [0, 0.1) is 11.7 Å². The van der Waals surface area contributed by atoms with Gasteiger partial charge in [0.05, 0.1) is 56.3 Å². The van der Waals surface area contributed by atoms with Crippen LogP contribution >= 0.6 is 11.6 Å². The first-order valence-electron chi connectivity index (χ1n) is 16.1. The number of carbonyl (C=O) groups excluding carboxylic acids is 1. The maximum atomic E-state index is 15.0. The number of ether oxygens (including phenoxy) is 2. The summed E-state index contributed by atoms with van der Waals surface area (Å²) in [6.45, 7) is 3.90. The summed E-state index contributed by atoms with van der Waals surface area (Å²) in [6.07, 6.45) is 3.61. The van der Waals surface area contributed by atoms with Crippen molar-refractivity contribution in [2.45, 2.75) is 62.4 Å². The topological polar surface area (TPSA) is 152 Å². The predicted octanol–water partition coefficient (Wildman–Crippen LogP) is 1.27. The van der Waals surface area contributed by atoms with Crippen molar-refractivity contribution in [2.24, 2.45) is 5.92 Å². The van der Waals surface area contributed by atoms with Gasteiger partial charge in [-0.3, -0.25) is 9.69 Å². The van der Waals surface area contributed by atoms with Crippen LogP contribution in [0.15, 0.2) is 30.6 Å². The Morgan fingerprint density at radius 3 is 2.59 bits per heavy atom. The molecule has 2 aromatic rings. The number of aromatic nitrogens is 2. The number of halogens is 2. The molecule has 1 aromatic carbocycles. The van der Waals surface area contributed by atoms with E-state index in [2.05, 4.69) is 14.9 Å². The van der Waals surface area contributed by atoms with Crippen LogP contribution in [0.5, 0.6) is 5.75 Å². The standard InChI is InChI=1S/C32H45ClFN5O7/c33-24-16-35-31(36-17-24)38-8-5-22(6-9-38)2-1-12-45-25-4-3-23(26(34)15-25)14-29(43)39-10-7-32(21-39)20-37(11-13-46-32)18-27(41)30(44)28(42)19-40/h3-4,15-17,22,27-28,30,40-42,44H,1-2,5-14,18-21H2/t27-,28+,30?,32?/m0/s1. The van der Waals surface area contributed by atoms with Crippen LogP contribution in [-0.2, 0) is 16.0 Å². The van der Waals surface area contributed by atoms with Crippen LogP contribution in [0.25, 0.3) is 0 Å². The quantitative estimate of drug-likeness (QED) is 0.229. The number of hydrogen-bond donors (Lipinski definition) is 4. The Hall–Kier alpha value is -2.65. The second-order valence-corrected chi connectivity index (χ2v) is 13.1. The van der Waals surface area contributed by atoms with Gasteiger partial charge < -0.3 is 39.7 Å². The molecule has 14 heteroatoms. The third kappa shape index (κ3) is 9.03. The van der Waals surface area contributed by atoms with E-state index in [1.165, 1.54) is 6.07 Å². The number of carbonyl (C=O) groups is 1. The zero-order valence-corrected chi connectivity index (χ0v) is 26.8. The number of morpholine rings is 1. The zero-order chi connectivity index (χ0) is 32.7. The van der Waals surface area contributed by atoms with Crippen LogP contribution in [0.1, 0.15) is 37.7 Å². The number of β-amino-alcohol motifs (C(OH)–C–C–N with tert-alkyl or cyclic N) is 1. The number of rotatable bonds is 13. The highest BCUT2D eigenvalue weighted by Crippen LogP contribution is 2.31. The van der Waals surface area contributed by atoms with E-state index in [4.69, 9.17) is 26.2 Å². The largest absolute Gasteiger partial charge is 0.493 e. The van der Waals surface area contributed by atoms with Crippen LogP contribution in [0.3, 0.4) is 0 Å². The molecular formula is C32H45ClFN5O7. The number of anilines is 1. The van der Waals surface area contributed by atoms with Gasteiger partial charge in [0.2, 0.25) is 11.9 Å². The molecule has 254 valence electrons. The highest BCUT2D eigenvalue weighted by Gasteiger charge is 2.44. The first kappa shape index (κ1) is 34.7. The molecule has 1 aromatic heterocycles. The lowest BCUT2D eigenvalue weighted by Gasteiger charge is -2.41. The Labute approximate surface area is 273 Å². The van der Waals surface area contributed by atoms with E-state index >= 15 is 0 Å². The van der Waals surface area contributed by atoms with Crippen molar-refractivity contribution >= 4 is 23.5 Å². The van der Waals surface area contributed by atoms with E-state index in [-0.39, 0.29) is 18.9 Å². The van der Waals surface area contributed by atoms with E-state index in [9.17, 15) is 24.5 Å². The number of aliphatic hydroxyl groups is 4. The lowest BCUT2D eigenvalue weighted by atomic mass is 9.92. The first-order chi connectivity index (χ1) is 22.1. The van der Waals surface area contributed by atoms with Gasteiger partial charge in [-0.25, -0.2) is 14.4 Å². The van der Waals surface area contributed by atoms with Gasteiger partial charge in [-0.2, -0.15) is 0 Å². The Kier molecular flexibility index (Phi) is 12.0. The van der Waals surface area contributed by atoms with Crippen molar-refractivity contribution in [1.82, 2.24) is 19.8 Å². The van der Waals surface area contributed by atoms with Gasteiger partial charge in [-0.1, -0.05) is 17.7 Å². The molecule has 12 nitrogen and oxygen atoms in total. The van der Waals surface area contributed by atoms with Crippen LogP contribution in [0.2, 0.25) is 5.02 Å². The average molecular weight is 666 g/mol. The predicted molar refractivity (Wildman–Crippen MR) is 168 cm³/mol. The van der Waals surface area contributed by atoms with Gasteiger partial charge in [0.15, 0.2) is 0 Å². The second kappa shape index (κ2) is 16.0. The van der Waals surface area contributed by atoms with Crippen molar-refractivity contribution in [2.75, 3.05) is 70.5 Å². The number of amides is 1. The third-order valence-electron chi connectivity index (χ3n) is 9.31. The summed E-state index contributed by atoms with van der Waals surface area (Å²) in [5.41, 5.74) is -0.313. The molecule has 3 aliphatic heterocycles. The monoisotopic (exact) mass is 665 g/mol. The van der Waals surface area contributed by atoms with Gasteiger partial charge in [-0.15, -0.1) is 0 Å². The Balaban J connectivity index is 1.02. The average Bonchev–Trinajstić information content (AvgIpc) is 3.47. The fraction of sp³-hybridized carbons (Fsp3) is 0.656. The van der Waals surface area contributed by atoms with E-state index in [0.29, 0.717) is 74.0 Å². The van der Waals surface area contributed by atoms with Crippen molar-refractivity contribution in [3.8, 4) is 5.75 Å². The molecule has 3 saturated heterocycles. The molecule has 5 rings (SSSR count). The minimum absolute atomic E-state index is 0.0738. The van der Waals surface area contributed by atoms with Crippen molar-refractivity contribution in [1.29, 1.82) is 0 Å². The normalized spacial score (nSPS) is 23.1. The summed E-state index contributed by atoms with van der Waals surface area (Å²) >= 11 is 5.89. The highest BCUT2D eigenvalue weighted by molar-refractivity contribution is 6.30. The highest BCUT2D eigenvalue weighted by atomic mass is 35.5. The van der Waals surface area contributed by atoms with Crippen molar-refractivity contribution < 1.29 is 39.1 Å². The fourth-order valence-electron chi connectivity index (χ4n) is 6.61. The molecule has 46 heavy (non-hydrogen) atoms. The number of piperidine rings is 1. The molecule has 0 radical (unpaired) electrons. The minimum atomic E-state index is -1.47.